The third kappa shape index (κ3) is 12.0. The van der Waals surface area contributed by atoms with Gasteiger partial charge in [0.25, 0.3) is 15.9 Å². The van der Waals surface area contributed by atoms with Gasteiger partial charge in [-0.2, -0.15) is 8.42 Å². The Kier molecular flexibility index (Phi) is 13.8. The van der Waals surface area contributed by atoms with Crippen LogP contribution in [0.25, 0.3) is 5.82 Å². The molecule has 2 N–H and O–H groups in total. The maximum atomic E-state index is 13.4. The molecule has 3 aromatic rings. The van der Waals surface area contributed by atoms with Crippen molar-refractivity contribution < 1.29 is 27.5 Å². The Bertz CT molecular complexity index is 1890. The lowest BCUT2D eigenvalue weighted by Gasteiger charge is -2.33. The smallest absolute Gasteiger partial charge is 0.410 e. The van der Waals surface area contributed by atoms with Gasteiger partial charge in [-0.3, -0.25) is 4.79 Å². The molecule has 0 radical (unpaired) electrons. The van der Waals surface area contributed by atoms with Gasteiger partial charge in [0.1, 0.15) is 16.6 Å². The van der Waals surface area contributed by atoms with Gasteiger partial charge in [-0.25, -0.2) is 24.2 Å². The van der Waals surface area contributed by atoms with Crippen LogP contribution >= 0.6 is 11.6 Å². The fourth-order valence-electron chi connectivity index (χ4n) is 7.42. The van der Waals surface area contributed by atoms with Crippen LogP contribution in [-0.4, -0.2) is 75.4 Å². The van der Waals surface area contributed by atoms with Crippen LogP contribution in [0, 0.1) is 17.8 Å². The summed E-state index contributed by atoms with van der Waals surface area (Å²) in [6, 6.07) is 9.32. The maximum absolute atomic E-state index is 13.4. The Morgan fingerprint density at radius 1 is 1.00 bits per heavy atom. The highest BCUT2D eigenvalue weighted by molar-refractivity contribution is 7.90. The molecule has 1 aliphatic heterocycles. The number of amides is 2. The molecule has 0 spiro atoms. The monoisotopic (exact) mass is 799 g/mol. The van der Waals surface area contributed by atoms with Crippen LogP contribution in [0.5, 0.6) is 5.88 Å². The lowest BCUT2D eigenvalue weighted by Crippen LogP contribution is -2.45. The Morgan fingerprint density at radius 2 is 1.75 bits per heavy atom. The summed E-state index contributed by atoms with van der Waals surface area (Å²) in [5.74, 6) is 1.73. The molecule has 4 heterocycles. The zero-order chi connectivity index (χ0) is 40.0. The molecule has 3 aromatic heterocycles. The minimum atomic E-state index is -4.37. The fraction of sp³-hybridized carbons (Fsp3) is 0.625. The minimum Gasteiger partial charge on any atom is -0.477 e. The summed E-state index contributed by atoms with van der Waals surface area (Å²) in [7, 11) is -4.37. The highest BCUT2D eigenvalue weighted by atomic mass is 35.5. The number of halogens is 1. The van der Waals surface area contributed by atoms with Gasteiger partial charge < -0.3 is 19.7 Å². The van der Waals surface area contributed by atoms with E-state index in [2.05, 4.69) is 52.8 Å². The molecule has 2 amide bonds. The van der Waals surface area contributed by atoms with Crippen LogP contribution < -0.4 is 14.8 Å². The van der Waals surface area contributed by atoms with E-state index in [1.807, 2.05) is 25.7 Å². The SMILES string of the molecule is CC(C)CCC(CC[C@H]1CN(C(=O)OC(C)(C)C)C(C)(C)C1)Nc1cccc(S(=O)(=O)NC(=O)c2ccc(-n3ccc(OCCC4CCCC4)n3)nc2Cl)n1. The number of hydrogen-bond acceptors (Lipinski definition) is 10. The molecule has 1 aliphatic carbocycles. The average Bonchev–Trinajstić information content (AvgIpc) is 3.86. The number of nitrogens with one attached hydrogen (secondary N) is 2. The van der Waals surface area contributed by atoms with Gasteiger partial charge in [0, 0.05) is 30.4 Å². The number of rotatable bonds is 16. The van der Waals surface area contributed by atoms with Crippen molar-refractivity contribution in [3.05, 3.63) is 53.3 Å². The first kappa shape index (κ1) is 42.2. The molecule has 15 heteroatoms. The van der Waals surface area contributed by atoms with Crippen LogP contribution in [0.3, 0.4) is 0 Å². The predicted octanol–water partition coefficient (Wildman–Crippen LogP) is 8.43. The zero-order valence-electron chi connectivity index (χ0n) is 33.3. The summed E-state index contributed by atoms with van der Waals surface area (Å²) < 4.78 is 41.9. The van der Waals surface area contributed by atoms with Gasteiger partial charge in [0.2, 0.25) is 5.88 Å². The Morgan fingerprint density at radius 3 is 2.44 bits per heavy atom. The van der Waals surface area contributed by atoms with Crippen LogP contribution in [0.1, 0.15) is 123 Å². The topological polar surface area (TPSA) is 158 Å². The number of hydrogen-bond donors (Lipinski definition) is 2. The van der Waals surface area contributed by atoms with Crippen LogP contribution in [-0.2, 0) is 14.8 Å². The van der Waals surface area contributed by atoms with E-state index >= 15 is 0 Å². The largest absolute Gasteiger partial charge is 0.477 e. The minimum absolute atomic E-state index is 0.0129. The molecule has 2 aliphatic rings. The molecular formula is C40H58ClN7O6S. The molecule has 1 saturated carbocycles. The third-order valence-electron chi connectivity index (χ3n) is 10.3. The summed E-state index contributed by atoms with van der Waals surface area (Å²) in [6.07, 6.45) is 11.8. The number of likely N-dealkylation sites (tertiary alicyclic amines) is 1. The first-order valence-electron chi connectivity index (χ1n) is 19.6. The zero-order valence-corrected chi connectivity index (χ0v) is 34.9. The molecule has 55 heavy (non-hydrogen) atoms. The number of carbonyl (C=O) groups excluding carboxylic acids is 2. The quantitative estimate of drug-likeness (QED) is 0.135. The number of anilines is 1. The second-order valence-corrected chi connectivity index (χ2v) is 19.0. The van der Waals surface area contributed by atoms with Crippen molar-refractivity contribution in [2.24, 2.45) is 17.8 Å². The van der Waals surface area contributed by atoms with E-state index < -0.39 is 21.5 Å². The van der Waals surface area contributed by atoms with Crippen molar-refractivity contribution in [2.75, 3.05) is 18.5 Å². The van der Waals surface area contributed by atoms with E-state index in [1.165, 1.54) is 48.6 Å². The second-order valence-electron chi connectivity index (χ2n) is 17.1. The van der Waals surface area contributed by atoms with Crippen molar-refractivity contribution in [3.8, 4) is 11.7 Å². The van der Waals surface area contributed by atoms with Gasteiger partial charge in [-0.15, -0.1) is 5.10 Å². The summed E-state index contributed by atoms with van der Waals surface area (Å²) in [5, 5.41) is 7.38. The Labute approximate surface area is 331 Å². The Hall–Kier alpha value is -3.91. The number of ether oxygens (including phenoxy) is 2. The highest BCUT2D eigenvalue weighted by Crippen LogP contribution is 2.37. The molecule has 2 atom stereocenters. The van der Waals surface area contributed by atoms with E-state index in [-0.39, 0.29) is 39.3 Å². The van der Waals surface area contributed by atoms with Crippen LogP contribution in [0.15, 0.2) is 47.6 Å². The van der Waals surface area contributed by atoms with Crippen molar-refractivity contribution in [2.45, 2.75) is 135 Å². The van der Waals surface area contributed by atoms with Gasteiger partial charge in [-0.05, 0) is 115 Å². The van der Waals surface area contributed by atoms with Gasteiger partial charge in [0.15, 0.2) is 10.8 Å². The summed E-state index contributed by atoms with van der Waals surface area (Å²) in [4.78, 5) is 36.7. The van der Waals surface area contributed by atoms with Crippen molar-refractivity contribution in [1.82, 2.24) is 29.4 Å². The van der Waals surface area contributed by atoms with Crippen LogP contribution in [0.4, 0.5) is 10.6 Å². The molecule has 5 rings (SSSR count). The van der Waals surface area contributed by atoms with E-state index in [0.717, 1.165) is 38.5 Å². The third-order valence-corrected chi connectivity index (χ3v) is 11.8. The van der Waals surface area contributed by atoms with E-state index in [1.54, 1.807) is 24.4 Å². The Balaban J connectivity index is 1.19. The molecule has 0 bridgehead atoms. The van der Waals surface area contributed by atoms with Crippen molar-refractivity contribution in [3.63, 3.8) is 0 Å². The summed E-state index contributed by atoms with van der Waals surface area (Å²) in [5.41, 5.74) is -1.00. The lowest BCUT2D eigenvalue weighted by atomic mass is 9.90. The average molecular weight is 800 g/mol. The first-order chi connectivity index (χ1) is 25.9. The number of carbonyl (C=O) groups is 2. The van der Waals surface area contributed by atoms with Crippen molar-refractivity contribution in [1.29, 1.82) is 0 Å². The molecule has 1 unspecified atom stereocenters. The van der Waals surface area contributed by atoms with Gasteiger partial charge >= 0.3 is 6.09 Å². The summed E-state index contributed by atoms with van der Waals surface area (Å²) >= 11 is 6.40. The fourth-order valence-corrected chi connectivity index (χ4v) is 8.59. The van der Waals surface area contributed by atoms with Gasteiger partial charge in [-0.1, -0.05) is 57.2 Å². The van der Waals surface area contributed by atoms with E-state index in [9.17, 15) is 18.0 Å². The first-order valence-corrected chi connectivity index (χ1v) is 21.4. The highest BCUT2D eigenvalue weighted by Gasteiger charge is 2.43. The molecule has 302 valence electrons. The molecule has 0 aromatic carbocycles. The number of sulfonamides is 1. The molecule has 2 fully saturated rings. The van der Waals surface area contributed by atoms with Crippen molar-refractivity contribution >= 4 is 39.4 Å². The standard InChI is InChI=1S/C40H58ClN7O6S/c1-27(2)15-17-30(18-16-29-25-40(6,7)47(26-29)38(50)54-39(3,4)5)42-32-13-10-14-35(43-32)55(51,52)46-37(49)31-19-20-33(44-36(31)41)48-23-21-34(45-48)53-24-22-28-11-8-9-12-28/h10,13-14,19-21,23,27-30H,8-9,11-12,15-18,22,24-26H2,1-7H3,(H,42,43)(H,46,49)/t29-,30?/m1/s1. The van der Waals surface area contributed by atoms with Crippen LogP contribution in [0.2, 0.25) is 5.15 Å². The number of pyridine rings is 2. The molecule has 13 nitrogen and oxygen atoms in total. The second kappa shape index (κ2) is 17.9. The molecule has 1 saturated heterocycles. The van der Waals surface area contributed by atoms with E-state index in [4.69, 9.17) is 21.1 Å². The molecular weight excluding hydrogens is 742 g/mol. The maximum Gasteiger partial charge on any atom is 0.410 e. The number of nitrogens with zero attached hydrogens (tertiary/aromatic N) is 5. The normalized spacial score (nSPS) is 18.1. The predicted molar refractivity (Wildman–Crippen MR) is 213 cm³/mol. The summed E-state index contributed by atoms with van der Waals surface area (Å²) in [6.45, 7) is 15.3. The van der Waals surface area contributed by atoms with Gasteiger partial charge in [0.05, 0.1) is 12.2 Å². The lowest BCUT2D eigenvalue weighted by molar-refractivity contribution is 0.0130. The number of aromatic nitrogens is 4. The van der Waals surface area contributed by atoms with E-state index in [0.29, 0.717) is 42.5 Å².